The summed E-state index contributed by atoms with van der Waals surface area (Å²) in [5.74, 6) is -2.82. The van der Waals surface area contributed by atoms with Crippen LogP contribution in [0, 0.1) is 11.7 Å². The highest BCUT2D eigenvalue weighted by molar-refractivity contribution is 6.02. The molecule has 4 aromatic rings. The number of rotatable bonds is 8. The summed E-state index contributed by atoms with van der Waals surface area (Å²) < 4.78 is 24.1. The van der Waals surface area contributed by atoms with Crippen LogP contribution >= 0.6 is 0 Å². The number of likely N-dealkylation sites (tertiary alicyclic amines) is 1. The number of ether oxygens (including phenoxy) is 2. The topological polar surface area (TPSA) is 105 Å². The third-order valence-corrected chi connectivity index (χ3v) is 7.57. The first-order valence-corrected chi connectivity index (χ1v) is 13.3. The lowest BCUT2D eigenvalue weighted by atomic mass is 9.76. The Morgan fingerprint density at radius 3 is 1.88 bits per heavy atom. The first-order valence-electron chi connectivity index (χ1n) is 13.3. The van der Waals surface area contributed by atoms with Gasteiger partial charge in [-0.3, -0.25) is 4.79 Å². The standard InChI is InChI=1S/C33H29FN2O6/c1-41-25-16-8-21(9-17-25)29-28(31(37)22-10-18-26(42-2)19-11-22)27(20-6-4-3-5-7-20)30(32(38)39)36(29)33(40)35-24-14-12-23(34)13-15-24/h3-19,27-30H,1-2H3,(H,35,40)(H,38,39). The minimum atomic E-state index is -1.41. The van der Waals surface area contributed by atoms with Crippen LogP contribution in [0.1, 0.15) is 33.4 Å². The minimum Gasteiger partial charge on any atom is -0.497 e. The molecular weight excluding hydrogens is 539 g/mol. The molecule has 4 aromatic carbocycles. The Morgan fingerprint density at radius 2 is 1.33 bits per heavy atom. The van der Waals surface area contributed by atoms with Gasteiger partial charge in [0.05, 0.1) is 26.2 Å². The predicted molar refractivity (Wildman–Crippen MR) is 154 cm³/mol. The highest BCUT2D eigenvalue weighted by Crippen LogP contribution is 2.51. The van der Waals surface area contributed by atoms with Gasteiger partial charge in [-0.2, -0.15) is 0 Å². The number of hydrogen-bond acceptors (Lipinski definition) is 5. The summed E-state index contributed by atoms with van der Waals surface area (Å²) in [5.41, 5.74) is 1.79. The second-order valence-corrected chi connectivity index (χ2v) is 9.90. The number of Topliss-reactive ketones (excluding diaryl/α,β-unsaturated/α-hetero) is 1. The lowest BCUT2D eigenvalue weighted by molar-refractivity contribution is -0.142. The summed E-state index contributed by atoms with van der Waals surface area (Å²) in [4.78, 5) is 42.7. The second-order valence-electron chi connectivity index (χ2n) is 9.90. The van der Waals surface area contributed by atoms with Crippen LogP contribution in [0.3, 0.4) is 0 Å². The maximum absolute atomic E-state index is 14.4. The van der Waals surface area contributed by atoms with Crippen molar-refractivity contribution >= 4 is 23.5 Å². The molecule has 0 radical (unpaired) electrons. The van der Waals surface area contributed by atoms with Gasteiger partial charge in [0.15, 0.2) is 5.78 Å². The van der Waals surface area contributed by atoms with Crippen molar-refractivity contribution in [3.63, 3.8) is 0 Å². The lowest BCUT2D eigenvalue weighted by Gasteiger charge is -2.30. The van der Waals surface area contributed by atoms with Gasteiger partial charge in [-0.15, -0.1) is 0 Å². The third kappa shape index (κ3) is 5.54. The van der Waals surface area contributed by atoms with Crippen molar-refractivity contribution in [2.24, 2.45) is 5.92 Å². The Morgan fingerprint density at radius 1 is 0.762 bits per heavy atom. The van der Waals surface area contributed by atoms with Crippen LogP contribution in [-0.4, -0.2) is 48.1 Å². The minimum absolute atomic E-state index is 0.278. The molecule has 214 valence electrons. The quantitative estimate of drug-likeness (QED) is 0.247. The molecule has 42 heavy (non-hydrogen) atoms. The van der Waals surface area contributed by atoms with Crippen molar-refractivity contribution in [3.8, 4) is 11.5 Å². The van der Waals surface area contributed by atoms with Gasteiger partial charge in [-0.1, -0.05) is 42.5 Å². The van der Waals surface area contributed by atoms with Crippen molar-refractivity contribution in [1.82, 2.24) is 4.90 Å². The number of halogens is 1. The number of carbonyl (C=O) groups excluding carboxylic acids is 2. The van der Waals surface area contributed by atoms with Gasteiger partial charge in [0.2, 0.25) is 0 Å². The maximum Gasteiger partial charge on any atom is 0.327 e. The van der Waals surface area contributed by atoms with Crippen LogP contribution in [0.15, 0.2) is 103 Å². The highest BCUT2D eigenvalue weighted by Gasteiger charge is 2.57. The van der Waals surface area contributed by atoms with E-state index in [0.29, 0.717) is 28.2 Å². The smallest absolute Gasteiger partial charge is 0.327 e. The molecule has 1 saturated heterocycles. The van der Waals surface area contributed by atoms with Crippen molar-refractivity contribution in [2.45, 2.75) is 18.0 Å². The predicted octanol–water partition coefficient (Wildman–Crippen LogP) is 6.17. The van der Waals surface area contributed by atoms with E-state index in [2.05, 4.69) is 5.32 Å². The molecule has 1 heterocycles. The molecule has 0 bridgehead atoms. The van der Waals surface area contributed by atoms with Gasteiger partial charge >= 0.3 is 12.0 Å². The number of nitrogens with one attached hydrogen (secondary N) is 1. The molecule has 0 aromatic heterocycles. The van der Waals surface area contributed by atoms with E-state index in [1.54, 1.807) is 78.9 Å². The van der Waals surface area contributed by atoms with Gasteiger partial charge in [0, 0.05) is 17.2 Å². The number of anilines is 1. The fourth-order valence-electron chi connectivity index (χ4n) is 5.65. The van der Waals surface area contributed by atoms with Gasteiger partial charge in [-0.05, 0) is 71.8 Å². The Labute approximate surface area is 242 Å². The zero-order valence-electron chi connectivity index (χ0n) is 22.9. The number of methoxy groups -OCH3 is 2. The van der Waals surface area contributed by atoms with E-state index in [4.69, 9.17) is 9.47 Å². The molecule has 9 heteroatoms. The fraction of sp³-hybridized carbons (Fsp3) is 0.182. The van der Waals surface area contributed by atoms with E-state index in [9.17, 15) is 23.9 Å². The molecule has 8 nitrogen and oxygen atoms in total. The fourth-order valence-corrected chi connectivity index (χ4v) is 5.65. The van der Waals surface area contributed by atoms with E-state index in [1.165, 1.54) is 43.4 Å². The first kappa shape index (κ1) is 28.4. The summed E-state index contributed by atoms with van der Waals surface area (Å²) >= 11 is 0. The SMILES string of the molecule is COc1ccc(C(=O)C2C(c3ccccc3)C(C(=O)O)N(C(=O)Nc3ccc(F)cc3)C2c2ccc(OC)cc2)cc1. The largest absolute Gasteiger partial charge is 0.497 e. The number of carboxylic acids is 1. The van der Waals surface area contributed by atoms with Crippen LogP contribution in [0.2, 0.25) is 0 Å². The molecule has 4 unspecified atom stereocenters. The van der Waals surface area contributed by atoms with Crippen LogP contribution < -0.4 is 14.8 Å². The molecule has 1 aliphatic rings. The number of nitrogens with zero attached hydrogens (tertiary/aromatic N) is 1. The number of carbonyl (C=O) groups is 3. The number of urea groups is 1. The van der Waals surface area contributed by atoms with Gasteiger partial charge < -0.3 is 24.8 Å². The number of ketones is 1. The van der Waals surface area contributed by atoms with Crippen LogP contribution in [-0.2, 0) is 4.79 Å². The molecular formula is C33H29FN2O6. The van der Waals surface area contributed by atoms with Crippen LogP contribution in [0.5, 0.6) is 11.5 Å². The summed E-state index contributed by atoms with van der Waals surface area (Å²) in [7, 11) is 3.04. The number of benzene rings is 4. The van der Waals surface area contributed by atoms with Crippen molar-refractivity contribution in [3.05, 3.63) is 126 Å². The average molecular weight is 569 g/mol. The number of aliphatic carboxylic acids is 1. The summed E-state index contributed by atoms with van der Waals surface area (Å²) in [5, 5.41) is 13.3. The normalized spacial score (nSPS) is 19.6. The summed E-state index contributed by atoms with van der Waals surface area (Å²) in [6.45, 7) is 0. The molecule has 0 aliphatic carbocycles. The third-order valence-electron chi connectivity index (χ3n) is 7.57. The zero-order chi connectivity index (χ0) is 29.8. The maximum atomic E-state index is 14.4. The van der Waals surface area contributed by atoms with Gasteiger partial charge in [-0.25, -0.2) is 14.0 Å². The van der Waals surface area contributed by atoms with E-state index < -0.39 is 41.7 Å². The summed E-state index contributed by atoms with van der Waals surface area (Å²) in [6, 6.07) is 24.3. The lowest BCUT2D eigenvalue weighted by Crippen LogP contribution is -2.45. The molecule has 0 spiro atoms. The first-order chi connectivity index (χ1) is 20.3. The molecule has 1 aliphatic heterocycles. The van der Waals surface area contributed by atoms with Gasteiger partial charge in [0.1, 0.15) is 23.4 Å². The molecule has 1 fully saturated rings. The molecule has 4 atom stereocenters. The molecule has 5 rings (SSSR count). The Hall–Kier alpha value is -5.18. The Balaban J connectivity index is 1.70. The van der Waals surface area contributed by atoms with Gasteiger partial charge in [0.25, 0.3) is 0 Å². The number of carboxylic acid groups (broad SMARTS) is 1. The number of hydrogen-bond donors (Lipinski definition) is 2. The molecule has 2 N–H and O–H groups in total. The van der Waals surface area contributed by atoms with Crippen molar-refractivity contribution in [2.75, 3.05) is 19.5 Å². The van der Waals surface area contributed by atoms with Crippen molar-refractivity contribution < 1.29 is 33.4 Å². The van der Waals surface area contributed by atoms with Crippen LogP contribution in [0.25, 0.3) is 0 Å². The van der Waals surface area contributed by atoms with Crippen LogP contribution in [0.4, 0.5) is 14.9 Å². The average Bonchev–Trinajstić information content (AvgIpc) is 3.39. The van der Waals surface area contributed by atoms with Crippen molar-refractivity contribution in [1.29, 1.82) is 0 Å². The number of amides is 2. The van der Waals surface area contributed by atoms with E-state index in [1.807, 2.05) is 0 Å². The van der Waals surface area contributed by atoms with E-state index in [-0.39, 0.29) is 11.5 Å². The molecule has 0 saturated carbocycles. The Kier molecular flexibility index (Phi) is 8.19. The van der Waals surface area contributed by atoms with E-state index >= 15 is 0 Å². The second kappa shape index (κ2) is 12.1. The Bertz CT molecular complexity index is 1560. The summed E-state index contributed by atoms with van der Waals surface area (Å²) in [6.07, 6.45) is 0. The highest BCUT2D eigenvalue weighted by atomic mass is 19.1. The monoisotopic (exact) mass is 568 g/mol. The zero-order valence-corrected chi connectivity index (χ0v) is 22.9. The van der Waals surface area contributed by atoms with E-state index in [0.717, 1.165) is 0 Å². The molecule has 2 amide bonds.